The van der Waals surface area contributed by atoms with Gasteiger partial charge in [-0.05, 0) is 37.5 Å². The van der Waals surface area contributed by atoms with Crippen LogP contribution in [0.3, 0.4) is 0 Å². The zero-order valence-electron chi connectivity index (χ0n) is 12.9. The van der Waals surface area contributed by atoms with E-state index in [0.29, 0.717) is 24.3 Å². The average Bonchev–Trinajstić information content (AvgIpc) is 2.40. The molecule has 1 fully saturated rings. The number of nitrogens with one attached hydrogen (secondary N) is 1. The molecule has 9 heteroatoms. The number of sulfonamides is 1. The molecular formula is C13H21N3O4S2. The molecule has 2 rings (SSSR count). The maximum absolute atomic E-state index is 12.2. The molecule has 0 saturated carbocycles. The van der Waals surface area contributed by atoms with E-state index in [-0.39, 0.29) is 5.75 Å². The molecule has 0 aromatic heterocycles. The van der Waals surface area contributed by atoms with Gasteiger partial charge in [-0.15, -0.1) is 0 Å². The fourth-order valence-corrected chi connectivity index (χ4v) is 4.54. The van der Waals surface area contributed by atoms with Crippen LogP contribution in [0.15, 0.2) is 18.2 Å². The van der Waals surface area contributed by atoms with Crippen LogP contribution in [0, 0.1) is 6.92 Å². The number of nitrogens with zero attached hydrogens (tertiary/aromatic N) is 2. The van der Waals surface area contributed by atoms with Gasteiger partial charge in [-0.3, -0.25) is 9.03 Å². The second kappa shape index (κ2) is 6.05. The van der Waals surface area contributed by atoms with E-state index in [2.05, 4.69) is 4.72 Å². The summed E-state index contributed by atoms with van der Waals surface area (Å²) < 4.78 is 53.1. The molecule has 22 heavy (non-hydrogen) atoms. The van der Waals surface area contributed by atoms with Crippen molar-refractivity contribution < 1.29 is 16.8 Å². The van der Waals surface area contributed by atoms with Crippen LogP contribution < -0.4 is 9.03 Å². The predicted octanol–water partition coefficient (Wildman–Crippen LogP) is 1.14. The van der Waals surface area contributed by atoms with E-state index in [9.17, 15) is 16.8 Å². The molecule has 0 unspecified atom stereocenters. The van der Waals surface area contributed by atoms with Crippen molar-refractivity contribution in [3.63, 3.8) is 0 Å². The van der Waals surface area contributed by atoms with E-state index in [1.165, 1.54) is 18.4 Å². The summed E-state index contributed by atoms with van der Waals surface area (Å²) in [7, 11) is -4.11. The van der Waals surface area contributed by atoms with Crippen molar-refractivity contribution in [3.8, 4) is 0 Å². The van der Waals surface area contributed by atoms with E-state index in [1.54, 1.807) is 18.2 Å². The van der Waals surface area contributed by atoms with Crippen molar-refractivity contribution in [3.05, 3.63) is 23.8 Å². The van der Waals surface area contributed by atoms with Crippen LogP contribution in [0.1, 0.15) is 18.4 Å². The first-order valence-electron chi connectivity index (χ1n) is 6.95. The summed E-state index contributed by atoms with van der Waals surface area (Å²) in [6.45, 7) is 2.23. The van der Waals surface area contributed by atoms with E-state index in [1.807, 2.05) is 6.92 Å². The molecule has 0 aliphatic carbocycles. The summed E-state index contributed by atoms with van der Waals surface area (Å²) in [4.78, 5) is 0. The van der Waals surface area contributed by atoms with Crippen LogP contribution in [-0.4, -0.2) is 47.5 Å². The molecule has 1 saturated heterocycles. The monoisotopic (exact) mass is 347 g/mol. The molecule has 1 aliphatic heterocycles. The Morgan fingerprint density at radius 1 is 1.23 bits per heavy atom. The van der Waals surface area contributed by atoms with Crippen molar-refractivity contribution >= 4 is 31.6 Å². The summed E-state index contributed by atoms with van der Waals surface area (Å²) in [5, 5.41) is 0. The van der Waals surface area contributed by atoms with Gasteiger partial charge in [-0.1, -0.05) is 6.07 Å². The van der Waals surface area contributed by atoms with Gasteiger partial charge in [0.1, 0.15) is 0 Å². The smallest absolute Gasteiger partial charge is 0.271 e. The van der Waals surface area contributed by atoms with Gasteiger partial charge in [0.05, 0.1) is 17.1 Å². The van der Waals surface area contributed by atoms with Crippen molar-refractivity contribution in [2.24, 2.45) is 0 Å². The van der Waals surface area contributed by atoms with Gasteiger partial charge in [-0.2, -0.15) is 12.7 Å². The fraction of sp³-hybridized carbons (Fsp3) is 0.538. The summed E-state index contributed by atoms with van der Waals surface area (Å²) in [6, 6.07) is 4.91. The Kier molecular flexibility index (Phi) is 4.69. The zero-order chi connectivity index (χ0) is 16.5. The molecule has 0 atom stereocenters. The van der Waals surface area contributed by atoms with Gasteiger partial charge >= 0.3 is 10.2 Å². The summed E-state index contributed by atoms with van der Waals surface area (Å²) in [5.74, 6) is 0.125. The standard InChI is InChI=1S/C13H21N3O4S2/c1-11-6-7-12(14-22(19,20)15(2)3)10-13(11)16-8-4-5-9-21(16,17)18/h6-7,10,14H,4-5,8-9H2,1-3H3. The molecule has 1 aromatic rings. The fourth-order valence-electron chi connectivity index (χ4n) is 2.24. The van der Waals surface area contributed by atoms with Crippen molar-refractivity contribution in [2.75, 3.05) is 35.4 Å². The lowest BCUT2D eigenvalue weighted by Crippen LogP contribution is -2.38. The molecule has 0 amide bonds. The first kappa shape index (κ1) is 17.0. The predicted molar refractivity (Wildman–Crippen MR) is 87.8 cm³/mol. The second-order valence-corrected chi connectivity index (χ2v) is 9.38. The van der Waals surface area contributed by atoms with Gasteiger partial charge in [0, 0.05) is 20.6 Å². The van der Waals surface area contributed by atoms with E-state index >= 15 is 0 Å². The van der Waals surface area contributed by atoms with Crippen LogP contribution in [0.25, 0.3) is 0 Å². The number of rotatable bonds is 4. The lowest BCUT2D eigenvalue weighted by atomic mass is 10.1. The third-order valence-corrected chi connectivity index (χ3v) is 6.87. The molecule has 1 heterocycles. The largest absolute Gasteiger partial charge is 0.301 e. The molecular weight excluding hydrogens is 326 g/mol. The van der Waals surface area contributed by atoms with Gasteiger partial charge < -0.3 is 0 Å². The zero-order valence-corrected chi connectivity index (χ0v) is 14.5. The number of aryl methyl sites for hydroxylation is 1. The average molecular weight is 347 g/mol. The third-order valence-electron chi connectivity index (χ3n) is 3.55. The summed E-state index contributed by atoms with van der Waals surface area (Å²) in [5.41, 5.74) is 1.66. The highest BCUT2D eigenvalue weighted by atomic mass is 32.2. The van der Waals surface area contributed by atoms with E-state index in [0.717, 1.165) is 16.3 Å². The van der Waals surface area contributed by atoms with Gasteiger partial charge in [-0.25, -0.2) is 8.42 Å². The topological polar surface area (TPSA) is 86.8 Å². The van der Waals surface area contributed by atoms with Crippen LogP contribution in [-0.2, 0) is 20.2 Å². The molecule has 1 aliphatic rings. The van der Waals surface area contributed by atoms with E-state index in [4.69, 9.17) is 0 Å². The Labute approximate surface area is 132 Å². The minimum absolute atomic E-state index is 0.125. The minimum atomic E-state index is -3.62. The Morgan fingerprint density at radius 3 is 2.50 bits per heavy atom. The molecule has 1 N–H and O–H groups in total. The highest BCUT2D eigenvalue weighted by Crippen LogP contribution is 2.29. The second-order valence-electron chi connectivity index (χ2n) is 5.49. The number of hydrogen-bond acceptors (Lipinski definition) is 4. The third kappa shape index (κ3) is 3.53. The van der Waals surface area contributed by atoms with Crippen molar-refractivity contribution in [1.29, 1.82) is 0 Å². The molecule has 0 radical (unpaired) electrons. The van der Waals surface area contributed by atoms with Crippen LogP contribution in [0.4, 0.5) is 11.4 Å². The van der Waals surface area contributed by atoms with Gasteiger partial charge in [0.25, 0.3) is 0 Å². The summed E-state index contributed by atoms with van der Waals surface area (Å²) >= 11 is 0. The molecule has 1 aromatic carbocycles. The van der Waals surface area contributed by atoms with E-state index < -0.39 is 20.2 Å². The normalized spacial score (nSPS) is 18.5. The van der Waals surface area contributed by atoms with Crippen LogP contribution in [0.2, 0.25) is 0 Å². The number of hydrogen-bond donors (Lipinski definition) is 1. The molecule has 124 valence electrons. The molecule has 0 spiro atoms. The first-order chi connectivity index (χ1) is 10.1. The Morgan fingerprint density at radius 2 is 1.91 bits per heavy atom. The van der Waals surface area contributed by atoms with Crippen LogP contribution >= 0.6 is 0 Å². The molecule has 0 bridgehead atoms. The molecule has 7 nitrogen and oxygen atoms in total. The quantitative estimate of drug-likeness (QED) is 0.885. The highest BCUT2D eigenvalue weighted by molar-refractivity contribution is 7.92. The lowest BCUT2D eigenvalue weighted by Gasteiger charge is -2.30. The number of anilines is 2. The Bertz CT molecular complexity index is 757. The van der Waals surface area contributed by atoms with Crippen LogP contribution in [0.5, 0.6) is 0 Å². The SMILES string of the molecule is Cc1ccc(NS(=O)(=O)N(C)C)cc1N1CCCCS1(=O)=O. The Hall–Kier alpha value is -1.32. The Balaban J connectivity index is 2.39. The minimum Gasteiger partial charge on any atom is -0.271 e. The van der Waals surface area contributed by atoms with Crippen molar-refractivity contribution in [2.45, 2.75) is 19.8 Å². The van der Waals surface area contributed by atoms with Crippen molar-refractivity contribution in [1.82, 2.24) is 4.31 Å². The van der Waals surface area contributed by atoms with Gasteiger partial charge in [0.15, 0.2) is 0 Å². The number of benzene rings is 1. The first-order valence-corrected chi connectivity index (χ1v) is 10.00. The maximum Gasteiger partial charge on any atom is 0.301 e. The summed E-state index contributed by atoms with van der Waals surface area (Å²) in [6.07, 6.45) is 1.46. The maximum atomic E-state index is 12.2. The highest BCUT2D eigenvalue weighted by Gasteiger charge is 2.27. The lowest BCUT2D eigenvalue weighted by molar-refractivity contribution is 0.527. The van der Waals surface area contributed by atoms with Gasteiger partial charge in [0.2, 0.25) is 10.0 Å².